The van der Waals surface area contributed by atoms with Crippen LogP contribution in [0.25, 0.3) is 0 Å². The Hall–Kier alpha value is -1.94. The minimum absolute atomic E-state index is 0.00309. The number of H-pyrrole nitrogens is 1. The summed E-state index contributed by atoms with van der Waals surface area (Å²) < 4.78 is 0. The van der Waals surface area contributed by atoms with Crippen molar-refractivity contribution >= 4 is 0 Å². The number of aromatic nitrogens is 2. The van der Waals surface area contributed by atoms with Crippen LogP contribution in [0, 0.1) is 0 Å². The standard InChI is InChI=1S/C17H21N3O/c1-17(2,10-12-6-4-3-5-7-12)16-19-14-8-9-18-11-13(14)15(21)20-16/h3-7,18H,8-11H2,1-2H3,(H,19,20,21). The molecular formula is C17H21N3O. The molecule has 0 atom stereocenters. The highest BCUT2D eigenvalue weighted by atomic mass is 16.1. The lowest BCUT2D eigenvalue weighted by Gasteiger charge is -2.26. The van der Waals surface area contributed by atoms with Crippen LogP contribution in [0.2, 0.25) is 0 Å². The fourth-order valence-corrected chi connectivity index (χ4v) is 2.86. The van der Waals surface area contributed by atoms with Crippen molar-refractivity contribution in [2.45, 2.75) is 38.6 Å². The molecule has 1 aromatic carbocycles. The predicted octanol–water partition coefficient (Wildman–Crippen LogP) is 1.94. The van der Waals surface area contributed by atoms with Gasteiger partial charge >= 0.3 is 0 Å². The van der Waals surface area contributed by atoms with Gasteiger partial charge in [0.25, 0.3) is 5.56 Å². The molecule has 0 unspecified atom stereocenters. The molecule has 0 saturated carbocycles. The molecule has 0 bridgehead atoms. The Morgan fingerprint density at radius 3 is 2.76 bits per heavy atom. The largest absolute Gasteiger partial charge is 0.312 e. The van der Waals surface area contributed by atoms with E-state index in [1.165, 1.54) is 5.56 Å². The molecule has 0 aliphatic carbocycles. The monoisotopic (exact) mass is 283 g/mol. The van der Waals surface area contributed by atoms with Crippen molar-refractivity contribution in [1.82, 2.24) is 15.3 Å². The summed E-state index contributed by atoms with van der Waals surface area (Å²) in [5, 5.41) is 3.22. The molecule has 0 amide bonds. The fourth-order valence-electron chi connectivity index (χ4n) is 2.86. The summed E-state index contributed by atoms with van der Waals surface area (Å²) in [4.78, 5) is 20.0. The van der Waals surface area contributed by atoms with Gasteiger partial charge in [0.1, 0.15) is 5.82 Å². The van der Waals surface area contributed by atoms with Crippen LogP contribution in [0.4, 0.5) is 0 Å². The van der Waals surface area contributed by atoms with Gasteiger partial charge in [-0.3, -0.25) is 4.79 Å². The first kappa shape index (κ1) is 14.0. The molecule has 2 heterocycles. The average Bonchev–Trinajstić information content (AvgIpc) is 2.48. The molecule has 21 heavy (non-hydrogen) atoms. The van der Waals surface area contributed by atoms with Gasteiger partial charge in [0.05, 0.1) is 11.3 Å². The molecule has 0 saturated heterocycles. The van der Waals surface area contributed by atoms with Crippen molar-refractivity contribution in [2.24, 2.45) is 0 Å². The topological polar surface area (TPSA) is 57.8 Å². The highest BCUT2D eigenvalue weighted by molar-refractivity contribution is 5.25. The molecule has 0 radical (unpaired) electrons. The molecule has 2 aromatic rings. The van der Waals surface area contributed by atoms with Crippen LogP contribution in [0.5, 0.6) is 0 Å². The molecule has 3 rings (SSSR count). The maximum Gasteiger partial charge on any atom is 0.255 e. The zero-order valence-electron chi connectivity index (χ0n) is 12.6. The van der Waals surface area contributed by atoms with Crippen LogP contribution < -0.4 is 10.9 Å². The van der Waals surface area contributed by atoms with Gasteiger partial charge in [-0.05, 0) is 12.0 Å². The Morgan fingerprint density at radius 1 is 1.24 bits per heavy atom. The zero-order valence-corrected chi connectivity index (χ0v) is 12.6. The number of benzene rings is 1. The number of nitrogens with zero attached hydrogens (tertiary/aromatic N) is 1. The number of fused-ring (bicyclic) bond motifs is 1. The van der Waals surface area contributed by atoms with E-state index in [-0.39, 0.29) is 11.0 Å². The lowest BCUT2D eigenvalue weighted by atomic mass is 9.84. The van der Waals surface area contributed by atoms with Gasteiger partial charge in [-0.15, -0.1) is 0 Å². The number of aromatic amines is 1. The summed E-state index contributed by atoms with van der Waals surface area (Å²) >= 11 is 0. The number of hydrogen-bond acceptors (Lipinski definition) is 3. The minimum atomic E-state index is -0.194. The fraction of sp³-hybridized carbons (Fsp3) is 0.412. The molecular weight excluding hydrogens is 262 g/mol. The molecule has 4 heteroatoms. The molecule has 0 fully saturated rings. The first-order chi connectivity index (χ1) is 10.1. The lowest BCUT2D eigenvalue weighted by molar-refractivity contribution is 0.476. The first-order valence-corrected chi connectivity index (χ1v) is 7.43. The van der Waals surface area contributed by atoms with Crippen LogP contribution in [0.15, 0.2) is 35.1 Å². The third-order valence-corrected chi connectivity index (χ3v) is 4.07. The van der Waals surface area contributed by atoms with E-state index >= 15 is 0 Å². The third kappa shape index (κ3) is 2.90. The predicted molar refractivity (Wildman–Crippen MR) is 83.4 cm³/mol. The minimum Gasteiger partial charge on any atom is -0.312 e. The van der Waals surface area contributed by atoms with Gasteiger partial charge < -0.3 is 10.3 Å². The quantitative estimate of drug-likeness (QED) is 0.905. The van der Waals surface area contributed by atoms with Crippen molar-refractivity contribution in [3.63, 3.8) is 0 Å². The van der Waals surface area contributed by atoms with Crippen LogP contribution in [-0.4, -0.2) is 16.5 Å². The smallest absolute Gasteiger partial charge is 0.255 e. The molecule has 4 nitrogen and oxygen atoms in total. The Morgan fingerprint density at radius 2 is 2.00 bits per heavy atom. The number of hydrogen-bond donors (Lipinski definition) is 2. The van der Waals surface area contributed by atoms with Gasteiger partial charge in [-0.25, -0.2) is 4.98 Å². The van der Waals surface area contributed by atoms with Gasteiger partial charge in [-0.1, -0.05) is 44.2 Å². The van der Waals surface area contributed by atoms with E-state index in [2.05, 4.69) is 36.3 Å². The van der Waals surface area contributed by atoms with Crippen LogP contribution in [-0.2, 0) is 24.8 Å². The second kappa shape index (κ2) is 5.45. The average molecular weight is 283 g/mol. The molecule has 1 aliphatic rings. The lowest BCUT2D eigenvalue weighted by Crippen LogP contribution is -2.35. The normalized spacial score (nSPS) is 14.8. The van der Waals surface area contributed by atoms with Crippen molar-refractivity contribution in [3.8, 4) is 0 Å². The summed E-state index contributed by atoms with van der Waals surface area (Å²) in [6.45, 7) is 5.77. The summed E-state index contributed by atoms with van der Waals surface area (Å²) in [5.41, 5.74) is 2.81. The Kier molecular flexibility index (Phi) is 3.64. The zero-order chi connectivity index (χ0) is 14.9. The van der Waals surface area contributed by atoms with E-state index in [4.69, 9.17) is 4.98 Å². The summed E-state index contributed by atoms with van der Waals surface area (Å²) in [5.74, 6) is 0.789. The van der Waals surface area contributed by atoms with Crippen molar-refractivity contribution in [2.75, 3.05) is 6.54 Å². The highest BCUT2D eigenvalue weighted by Gasteiger charge is 2.26. The van der Waals surface area contributed by atoms with Gasteiger partial charge in [0.15, 0.2) is 0 Å². The van der Waals surface area contributed by atoms with Crippen LogP contribution in [0.3, 0.4) is 0 Å². The SMILES string of the molecule is CC(C)(Cc1ccccc1)c1nc2c(c(=O)[nH]1)CNCC2. The number of rotatable bonds is 3. The summed E-state index contributed by atoms with van der Waals surface area (Å²) in [6, 6.07) is 10.3. The van der Waals surface area contributed by atoms with Crippen LogP contribution in [0.1, 0.15) is 36.5 Å². The van der Waals surface area contributed by atoms with Crippen molar-refractivity contribution in [1.29, 1.82) is 0 Å². The van der Waals surface area contributed by atoms with E-state index in [0.29, 0.717) is 6.54 Å². The number of nitrogens with one attached hydrogen (secondary N) is 2. The van der Waals surface area contributed by atoms with Crippen molar-refractivity contribution in [3.05, 3.63) is 63.3 Å². The van der Waals surface area contributed by atoms with Crippen LogP contribution >= 0.6 is 0 Å². The van der Waals surface area contributed by atoms with E-state index in [1.807, 2.05) is 18.2 Å². The molecule has 1 aliphatic heterocycles. The molecule has 2 N–H and O–H groups in total. The van der Waals surface area contributed by atoms with Gasteiger partial charge in [0, 0.05) is 24.9 Å². The van der Waals surface area contributed by atoms with E-state index in [0.717, 1.165) is 36.5 Å². The summed E-state index contributed by atoms with van der Waals surface area (Å²) in [7, 11) is 0. The Balaban J connectivity index is 1.95. The van der Waals surface area contributed by atoms with E-state index < -0.39 is 0 Å². The third-order valence-electron chi connectivity index (χ3n) is 4.07. The Labute approximate surface area is 124 Å². The maximum atomic E-state index is 12.2. The van der Waals surface area contributed by atoms with Crippen molar-refractivity contribution < 1.29 is 0 Å². The van der Waals surface area contributed by atoms with Gasteiger partial charge in [0.2, 0.25) is 0 Å². The maximum absolute atomic E-state index is 12.2. The highest BCUT2D eigenvalue weighted by Crippen LogP contribution is 2.25. The van der Waals surface area contributed by atoms with Gasteiger partial charge in [-0.2, -0.15) is 0 Å². The second-order valence-corrected chi connectivity index (χ2v) is 6.31. The molecule has 1 aromatic heterocycles. The van der Waals surface area contributed by atoms with E-state index in [9.17, 15) is 4.79 Å². The first-order valence-electron chi connectivity index (χ1n) is 7.43. The summed E-state index contributed by atoms with van der Waals surface area (Å²) in [6.07, 6.45) is 1.68. The Bertz CT molecular complexity index is 689. The molecule has 110 valence electrons. The molecule has 0 spiro atoms. The van der Waals surface area contributed by atoms with E-state index in [1.54, 1.807) is 0 Å². The second-order valence-electron chi connectivity index (χ2n) is 6.31.